The number of rotatable bonds is 7. The van der Waals surface area contributed by atoms with Gasteiger partial charge in [0.1, 0.15) is 5.00 Å². The molecule has 0 bridgehead atoms. The van der Waals surface area contributed by atoms with E-state index < -0.39 is 0 Å². The molecule has 2 heterocycles. The van der Waals surface area contributed by atoms with Gasteiger partial charge < -0.3 is 9.88 Å². The molecule has 0 spiro atoms. The molecule has 1 N–H and O–H groups in total. The van der Waals surface area contributed by atoms with Gasteiger partial charge in [-0.25, -0.2) is 4.99 Å². The van der Waals surface area contributed by atoms with Gasteiger partial charge in [-0.2, -0.15) is 0 Å². The summed E-state index contributed by atoms with van der Waals surface area (Å²) in [6.45, 7) is 1.11. The van der Waals surface area contributed by atoms with E-state index in [9.17, 15) is 4.79 Å². The summed E-state index contributed by atoms with van der Waals surface area (Å²) in [6.07, 6.45) is 8.19. The number of carbonyl (C=O) groups is 1. The SMILES string of the molecule is O=C(NCc1ccccc1)c1c(/N=C/c2cn(Cc3ccc(Cl)cc3Cl)c3ccccc23)sc2c1CCCC2. The van der Waals surface area contributed by atoms with Crippen molar-refractivity contribution in [2.45, 2.75) is 38.8 Å². The number of aromatic nitrogens is 1. The molecule has 0 radical (unpaired) electrons. The average molecular weight is 573 g/mol. The molecular formula is C32H27Cl2N3OS. The average Bonchev–Trinajstić information content (AvgIpc) is 3.50. The highest BCUT2D eigenvalue weighted by Crippen LogP contribution is 2.40. The quantitative estimate of drug-likeness (QED) is 0.195. The maximum absolute atomic E-state index is 13.5. The van der Waals surface area contributed by atoms with E-state index in [0.717, 1.165) is 63.8 Å². The molecule has 2 aromatic heterocycles. The van der Waals surface area contributed by atoms with E-state index in [-0.39, 0.29) is 5.91 Å². The van der Waals surface area contributed by atoms with Gasteiger partial charge in [-0.1, -0.05) is 77.8 Å². The number of thiophene rings is 1. The van der Waals surface area contributed by atoms with Crippen molar-refractivity contribution in [1.82, 2.24) is 9.88 Å². The Morgan fingerprint density at radius 2 is 1.79 bits per heavy atom. The minimum absolute atomic E-state index is 0.0507. The van der Waals surface area contributed by atoms with E-state index in [1.54, 1.807) is 17.4 Å². The summed E-state index contributed by atoms with van der Waals surface area (Å²) in [4.78, 5) is 19.7. The van der Waals surface area contributed by atoms with Gasteiger partial charge in [-0.05, 0) is 60.6 Å². The molecule has 0 unspecified atom stereocenters. The first kappa shape index (κ1) is 25.9. The van der Waals surface area contributed by atoms with Crippen LogP contribution in [0.1, 0.15) is 50.3 Å². The van der Waals surface area contributed by atoms with Gasteiger partial charge in [0, 0.05) is 56.9 Å². The Labute approximate surface area is 241 Å². The summed E-state index contributed by atoms with van der Waals surface area (Å²) in [5.74, 6) is -0.0507. The highest BCUT2D eigenvalue weighted by Gasteiger charge is 2.25. The van der Waals surface area contributed by atoms with Gasteiger partial charge >= 0.3 is 0 Å². The predicted molar refractivity (Wildman–Crippen MR) is 163 cm³/mol. The lowest BCUT2D eigenvalue weighted by molar-refractivity contribution is 0.0951. The molecule has 196 valence electrons. The molecule has 6 rings (SSSR count). The Hall–Kier alpha value is -3.38. The first-order chi connectivity index (χ1) is 19.1. The third-order valence-electron chi connectivity index (χ3n) is 7.17. The third kappa shape index (κ3) is 5.53. The van der Waals surface area contributed by atoms with Gasteiger partial charge in [0.2, 0.25) is 0 Å². The summed E-state index contributed by atoms with van der Waals surface area (Å²) in [7, 11) is 0. The van der Waals surface area contributed by atoms with Gasteiger partial charge in [-0.3, -0.25) is 4.79 Å². The molecule has 0 saturated carbocycles. The molecule has 7 heteroatoms. The molecular weight excluding hydrogens is 545 g/mol. The maximum Gasteiger partial charge on any atom is 0.254 e. The first-order valence-corrected chi connectivity index (χ1v) is 14.7. The fourth-order valence-corrected chi connectivity index (χ4v) is 6.91. The normalized spacial score (nSPS) is 13.2. The van der Waals surface area contributed by atoms with E-state index in [0.29, 0.717) is 23.1 Å². The monoisotopic (exact) mass is 571 g/mol. The number of aliphatic imine (C=N–C) groups is 1. The van der Waals surface area contributed by atoms with Crippen LogP contribution in [-0.2, 0) is 25.9 Å². The van der Waals surface area contributed by atoms with Crippen molar-refractivity contribution in [2.24, 2.45) is 4.99 Å². The van der Waals surface area contributed by atoms with Gasteiger partial charge in [0.15, 0.2) is 0 Å². The van der Waals surface area contributed by atoms with Crippen LogP contribution in [0.4, 0.5) is 5.00 Å². The van der Waals surface area contributed by atoms with Crippen LogP contribution in [-0.4, -0.2) is 16.7 Å². The number of nitrogens with zero attached hydrogens (tertiary/aromatic N) is 2. The molecule has 1 amide bonds. The molecule has 3 aromatic carbocycles. The van der Waals surface area contributed by atoms with Crippen LogP contribution in [0.15, 0.2) is 84.0 Å². The van der Waals surface area contributed by atoms with Gasteiger partial charge in [0.25, 0.3) is 5.91 Å². The fraction of sp³-hybridized carbons (Fsp3) is 0.188. The van der Waals surface area contributed by atoms with Crippen LogP contribution in [0.3, 0.4) is 0 Å². The number of hydrogen-bond acceptors (Lipinski definition) is 3. The number of nitrogens with one attached hydrogen (secondary N) is 1. The predicted octanol–water partition coefficient (Wildman–Crippen LogP) is 8.62. The Bertz CT molecular complexity index is 1690. The molecule has 0 saturated heterocycles. The van der Waals surface area contributed by atoms with E-state index in [4.69, 9.17) is 28.2 Å². The number of halogens is 2. The number of hydrogen-bond donors (Lipinski definition) is 1. The third-order valence-corrected chi connectivity index (χ3v) is 8.96. The van der Waals surface area contributed by atoms with Crippen molar-refractivity contribution in [2.75, 3.05) is 0 Å². The van der Waals surface area contributed by atoms with Crippen LogP contribution in [0.5, 0.6) is 0 Å². The number of fused-ring (bicyclic) bond motifs is 2. The number of para-hydroxylation sites is 1. The maximum atomic E-state index is 13.5. The molecule has 5 aromatic rings. The lowest BCUT2D eigenvalue weighted by Crippen LogP contribution is -2.24. The summed E-state index contributed by atoms with van der Waals surface area (Å²) in [5.41, 5.74) is 6.07. The smallest absolute Gasteiger partial charge is 0.254 e. The zero-order valence-corrected chi connectivity index (χ0v) is 23.6. The topological polar surface area (TPSA) is 46.4 Å². The second kappa shape index (κ2) is 11.4. The summed E-state index contributed by atoms with van der Waals surface area (Å²) in [6, 6.07) is 23.9. The molecule has 1 aliphatic rings. The highest BCUT2D eigenvalue weighted by atomic mass is 35.5. The minimum atomic E-state index is -0.0507. The molecule has 0 fully saturated rings. The molecule has 0 aliphatic heterocycles. The van der Waals surface area contributed by atoms with E-state index in [1.807, 2.05) is 60.8 Å². The number of carbonyl (C=O) groups excluding carboxylic acids is 1. The van der Waals surface area contributed by atoms with Crippen LogP contribution in [0.2, 0.25) is 10.0 Å². The second-order valence-corrected chi connectivity index (χ2v) is 11.7. The van der Waals surface area contributed by atoms with Crippen molar-refractivity contribution in [1.29, 1.82) is 0 Å². The zero-order valence-electron chi connectivity index (χ0n) is 21.3. The summed E-state index contributed by atoms with van der Waals surface area (Å²) in [5, 5.41) is 6.28. The van der Waals surface area contributed by atoms with Crippen LogP contribution in [0.25, 0.3) is 10.9 Å². The van der Waals surface area contributed by atoms with Crippen molar-refractivity contribution < 1.29 is 4.79 Å². The Morgan fingerprint density at radius 3 is 2.64 bits per heavy atom. The lowest BCUT2D eigenvalue weighted by Gasteiger charge is -2.12. The first-order valence-electron chi connectivity index (χ1n) is 13.1. The zero-order chi connectivity index (χ0) is 26.8. The van der Waals surface area contributed by atoms with E-state index in [1.165, 1.54) is 10.4 Å². The Balaban J connectivity index is 1.33. The Kier molecular flexibility index (Phi) is 7.55. The fourth-order valence-electron chi connectivity index (χ4n) is 5.21. The summed E-state index contributed by atoms with van der Waals surface area (Å²) < 4.78 is 2.18. The molecule has 4 nitrogen and oxygen atoms in total. The molecule has 0 atom stereocenters. The second-order valence-electron chi connectivity index (χ2n) is 9.78. The van der Waals surface area contributed by atoms with Crippen molar-refractivity contribution in [3.63, 3.8) is 0 Å². The lowest BCUT2D eigenvalue weighted by atomic mass is 9.95. The van der Waals surface area contributed by atoms with Gasteiger partial charge in [0.05, 0.1) is 5.56 Å². The standard InChI is InChI=1S/C32H27Cl2N3OS/c33-24-15-14-22(27(34)16-24)19-37-20-23(25-10-4-6-12-28(25)37)18-36-32-30(26-11-5-7-13-29(26)39-32)31(38)35-17-21-8-2-1-3-9-21/h1-4,6,8-10,12,14-16,18,20H,5,7,11,13,17,19H2,(H,35,38)/b36-18+. The van der Waals surface area contributed by atoms with Crippen molar-refractivity contribution >= 4 is 62.6 Å². The highest BCUT2D eigenvalue weighted by molar-refractivity contribution is 7.16. The van der Waals surface area contributed by atoms with E-state index >= 15 is 0 Å². The summed E-state index contributed by atoms with van der Waals surface area (Å²) >= 11 is 14.2. The van der Waals surface area contributed by atoms with Crippen LogP contribution < -0.4 is 5.32 Å². The van der Waals surface area contributed by atoms with Crippen LogP contribution in [0, 0.1) is 0 Å². The van der Waals surface area contributed by atoms with Crippen molar-refractivity contribution in [3.05, 3.63) is 122 Å². The van der Waals surface area contributed by atoms with Crippen LogP contribution >= 0.6 is 34.5 Å². The molecule has 39 heavy (non-hydrogen) atoms. The number of benzene rings is 3. The van der Waals surface area contributed by atoms with Gasteiger partial charge in [-0.15, -0.1) is 11.3 Å². The number of aryl methyl sites for hydroxylation is 1. The van der Waals surface area contributed by atoms with E-state index in [2.05, 4.69) is 28.2 Å². The molecule has 1 aliphatic carbocycles. The minimum Gasteiger partial charge on any atom is -0.348 e. The largest absolute Gasteiger partial charge is 0.348 e. The van der Waals surface area contributed by atoms with Crippen molar-refractivity contribution in [3.8, 4) is 0 Å². The number of amides is 1. The Morgan fingerprint density at radius 1 is 1.00 bits per heavy atom.